The van der Waals surface area contributed by atoms with Crippen LogP contribution in [0, 0.1) is 11.8 Å². The Bertz CT molecular complexity index is 1580. The van der Waals surface area contributed by atoms with Gasteiger partial charge in [0.05, 0.1) is 24.3 Å². The zero-order valence-electron chi connectivity index (χ0n) is 19.7. The van der Waals surface area contributed by atoms with E-state index >= 15 is 0 Å². The summed E-state index contributed by atoms with van der Waals surface area (Å²) in [5.74, 6) is 6.25. The molecule has 34 heavy (non-hydrogen) atoms. The number of hydrogen-bond acceptors (Lipinski definition) is 7. The largest absolute Gasteiger partial charge is 0.397 e. The monoisotopic (exact) mass is 460 g/mol. The molecule has 0 amide bonds. The van der Waals surface area contributed by atoms with Crippen molar-refractivity contribution in [1.82, 2.24) is 23.7 Å². The zero-order valence-corrected chi connectivity index (χ0v) is 19.7. The number of nitrogens with zero attached hydrogens (tertiary/aromatic N) is 5. The molecule has 0 bridgehead atoms. The van der Waals surface area contributed by atoms with Gasteiger partial charge in [-0.15, -0.1) is 5.92 Å². The van der Waals surface area contributed by atoms with Gasteiger partial charge >= 0.3 is 5.69 Å². The number of pyridine rings is 1. The predicted molar refractivity (Wildman–Crippen MR) is 135 cm³/mol. The first-order valence-corrected chi connectivity index (χ1v) is 10.9. The molecule has 4 aromatic rings. The third-order valence-electron chi connectivity index (χ3n) is 5.58. The lowest BCUT2D eigenvalue weighted by atomic mass is 10.1. The second-order valence-electron chi connectivity index (χ2n) is 8.91. The molecule has 0 aliphatic carbocycles. The molecule has 176 valence electrons. The van der Waals surface area contributed by atoms with E-state index in [-0.39, 0.29) is 24.3 Å². The summed E-state index contributed by atoms with van der Waals surface area (Å²) in [7, 11) is 1.59. The van der Waals surface area contributed by atoms with Gasteiger partial charge in [-0.2, -0.15) is 4.98 Å². The van der Waals surface area contributed by atoms with Crippen molar-refractivity contribution in [1.29, 1.82) is 0 Å². The van der Waals surface area contributed by atoms with Crippen molar-refractivity contribution < 1.29 is 0 Å². The van der Waals surface area contributed by atoms with Crippen molar-refractivity contribution in [2.45, 2.75) is 39.4 Å². The van der Waals surface area contributed by atoms with Gasteiger partial charge in [0.25, 0.3) is 5.56 Å². The lowest BCUT2D eigenvalue weighted by molar-refractivity contribution is 0.546. The van der Waals surface area contributed by atoms with Gasteiger partial charge in [-0.05, 0) is 32.4 Å². The number of rotatable bonds is 6. The van der Waals surface area contributed by atoms with Crippen LogP contribution in [0.25, 0.3) is 22.1 Å². The van der Waals surface area contributed by atoms with Crippen LogP contribution in [0.2, 0.25) is 0 Å². The second kappa shape index (κ2) is 8.68. The summed E-state index contributed by atoms with van der Waals surface area (Å²) in [5.41, 5.74) is 13.2. The number of nitrogens with one attached hydrogen (secondary N) is 1. The van der Waals surface area contributed by atoms with Crippen LogP contribution in [0.4, 0.5) is 11.6 Å². The maximum Gasteiger partial charge on any atom is 0.332 e. The fourth-order valence-electron chi connectivity index (χ4n) is 3.78. The normalized spacial score (nSPS) is 11.6. The summed E-state index contributed by atoms with van der Waals surface area (Å²) in [5, 5.41) is 4.07. The number of benzene rings is 1. The number of aryl methyl sites for hydroxylation is 1. The minimum atomic E-state index is -0.507. The smallest absolute Gasteiger partial charge is 0.332 e. The summed E-state index contributed by atoms with van der Waals surface area (Å²) in [6, 6.07) is 7.42. The average Bonchev–Trinajstić information content (AvgIpc) is 3.17. The number of nitrogens with two attached hydrogens (primary N) is 2. The highest BCUT2D eigenvalue weighted by molar-refractivity contribution is 5.90. The van der Waals surface area contributed by atoms with Crippen molar-refractivity contribution in [3.8, 4) is 11.8 Å². The average molecular weight is 461 g/mol. The molecule has 0 fully saturated rings. The van der Waals surface area contributed by atoms with E-state index in [1.54, 1.807) is 24.7 Å². The zero-order chi connectivity index (χ0) is 24.6. The highest BCUT2D eigenvalue weighted by Crippen LogP contribution is 2.23. The Labute approximate surface area is 196 Å². The van der Waals surface area contributed by atoms with Crippen molar-refractivity contribution >= 4 is 33.7 Å². The van der Waals surface area contributed by atoms with Gasteiger partial charge in [-0.1, -0.05) is 24.1 Å². The minimum absolute atomic E-state index is 0.00300. The molecule has 0 atom stereocenters. The molecule has 10 heteroatoms. The molecule has 0 aliphatic rings. The summed E-state index contributed by atoms with van der Waals surface area (Å²) in [4.78, 5) is 35.7. The van der Waals surface area contributed by atoms with E-state index < -0.39 is 16.8 Å². The lowest BCUT2D eigenvalue weighted by Crippen LogP contribution is -2.40. The Kier molecular flexibility index (Phi) is 5.89. The molecule has 3 aromatic heterocycles. The number of nitrogen functional groups attached to an aromatic ring is 1. The van der Waals surface area contributed by atoms with Crippen LogP contribution in [0.1, 0.15) is 26.3 Å². The van der Waals surface area contributed by atoms with Gasteiger partial charge in [-0.25, -0.2) is 4.79 Å². The molecule has 10 nitrogen and oxygen atoms in total. The molecule has 0 saturated carbocycles. The highest BCUT2D eigenvalue weighted by atomic mass is 16.2. The maximum atomic E-state index is 13.6. The summed E-state index contributed by atoms with van der Waals surface area (Å²) < 4.78 is 4.21. The van der Waals surface area contributed by atoms with Gasteiger partial charge < -0.3 is 16.8 Å². The van der Waals surface area contributed by atoms with Crippen LogP contribution in [-0.4, -0.2) is 35.8 Å². The van der Waals surface area contributed by atoms with E-state index in [1.165, 1.54) is 4.57 Å². The van der Waals surface area contributed by atoms with E-state index in [0.29, 0.717) is 29.3 Å². The second-order valence-corrected chi connectivity index (χ2v) is 8.91. The predicted octanol–water partition coefficient (Wildman–Crippen LogP) is 1.25. The van der Waals surface area contributed by atoms with Crippen LogP contribution < -0.4 is 28.0 Å². The SMILES string of the molecule is CC#CCn1c(NCC(C)(C)N)nc2c1c(=O)n(Cc1ccc3cccnc3c1N)c(=O)n2C. The summed E-state index contributed by atoms with van der Waals surface area (Å²) >= 11 is 0. The fourth-order valence-corrected chi connectivity index (χ4v) is 3.78. The van der Waals surface area contributed by atoms with Crippen LogP contribution in [0.5, 0.6) is 0 Å². The molecule has 0 saturated heterocycles. The first kappa shape index (κ1) is 23.1. The first-order valence-electron chi connectivity index (χ1n) is 10.9. The molecule has 1 aromatic carbocycles. The van der Waals surface area contributed by atoms with Gasteiger partial charge in [0.2, 0.25) is 5.95 Å². The van der Waals surface area contributed by atoms with Crippen LogP contribution in [0.3, 0.4) is 0 Å². The molecule has 0 aliphatic heterocycles. The van der Waals surface area contributed by atoms with Gasteiger partial charge in [0.15, 0.2) is 11.2 Å². The third kappa shape index (κ3) is 4.13. The van der Waals surface area contributed by atoms with Crippen molar-refractivity contribution in [3.63, 3.8) is 0 Å². The van der Waals surface area contributed by atoms with Gasteiger partial charge in [-0.3, -0.25) is 23.5 Å². The fraction of sp³-hybridized carbons (Fsp3) is 0.333. The lowest BCUT2D eigenvalue weighted by Gasteiger charge is -2.19. The maximum absolute atomic E-state index is 13.6. The van der Waals surface area contributed by atoms with Crippen LogP contribution in [-0.2, 0) is 20.1 Å². The molecular weight excluding hydrogens is 432 g/mol. The van der Waals surface area contributed by atoms with E-state index in [9.17, 15) is 9.59 Å². The summed E-state index contributed by atoms with van der Waals surface area (Å²) in [6.07, 6.45) is 1.66. The number of hydrogen-bond donors (Lipinski definition) is 3. The van der Waals surface area contributed by atoms with E-state index in [1.807, 2.05) is 38.1 Å². The van der Waals surface area contributed by atoms with Crippen molar-refractivity contribution in [2.75, 3.05) is 17.6 Å². The molecule has 4 rings (SSSR count). The van der Waals surface area contributed by atoms with E-state index in [4.69, 9.17) is 11.5 Å². The standard InChI is InChI=1S/C24H28N8O2/c1-5-6-12-31-19-20(29-22(31)28-14-24(2,3)26)30(4)23(34)32(21(19)33)13-16-10-9-15-8-7-11-27-18(15)17(16)25/h7-11H,12-14,25-26H2,1-4H3,(H,28,29). The molecule has 0 spiro atoms. The Morgan fingerprint density at radius 3 is 2.65 bits per heavy atom. The molecular formula is C24H28N8O2. The minimum Gasteiger partial charge on any atom is -0.397 e. The summed E-state index contributed by atoms with van der Waals surface area (Å²) in [6.45, 7) is 6.13. The Balaban J connectivity index is 1.90. The molecule has 5 N–H and O–H groups in total. The van der Waals surface area contributed by atoms with Crippen LogP contribution >= 0.6 is 0 Å². The molecule has 0 radical (unpaired) electrons. The van der Waals surface area contributed by atoms with Crippen molar-refractivity contribution in [2.24, 2.45) is 12.8 Å². The van der Waals surface area contributed by atoms with Crippen LogP contribution in [0.15, 0.2) is 40.1 Å². The topological polar surface area (TPSA) is 139 Å². The van der Waals surface area contributed by atoms with Gasteiger partial charge in [0.1, 0.15) is 0 Å². The number of aromatic nitrogens is 5. The van der Waals surface area contributed by atoms with Gasteiger partial charge in [0, 0.05) is 30.7 Å². The number of fused-ring (bicyclic) bond motifs is 2. The number of imidazole rings is 1. The Morgan fingerprint density at radius 1 is 1.18 bits per heavy atom. The quantitative estimate of drug-likeness (QED) is 0.291. The first-order chi connectivity index (χ1) is 16.1. The van der Waals surface area contributed by atoms with Crippen molar-refractivity contribution in [3.05, 3.63) is 56.9 Å². The molecule has 3 heterocycles. The highest BCUT2D eigenvalue weighted by Gasteiger charge is 2.22. The molecule has 0 unspecified atom stereocenters. The number of anilines is 2. The third-order valence-corrected chi connectivity index (χ3v) is 5.58. The van der Waals surface area contributed by atoms with E-state index in [2.05, 4.69) is 27.1 Å². The van der Waals surface area contributed by atoms with E-state index in [0.717, 1.165) is 9.95 Å². The Morgan fingerprint density at radius 2 is 1.94 bits per heavy atom. The Hall–Kier alpha value is -4.10.